The van der Waals surface area contributed by atoms with Crippen LogP contribution < -0.4 is 5.32 Å². The number of carbonyl (C=O) groups is 2. The van der Waals surface area contributed by atoms with Gasteiger partial charge < -0.3 is 10.4 Å². The Bertz CT molecular complexity index is 315. The van der Waals surface area contributed by atoms with Crippen LogP contribution in [0.3, 0.4) is 0 Å². The third kappa shape index (κ3) is 6.41. The van der Waals surface area contributed by atoms with Gasteiger partial charge in [0, 0.05) is 22.1 Å². The molecule has 0 bridgehead atoms. The first kappa shape index (κ1) is 16.1. The molecule has 0 heterocycles. The van der Waals surface area contributed by atoms with Gasteiger partial charge in [-0.2, -0.15) is 0 Å². The number of hydrogen-bond donors (Lipinski definition) is 2. The molecule has 100 valence electrons. The summed E-state index contributed by atoms with van der Waals surface area (Å²) >= 11 is 0. The minimum Gasteiger partial charge on any atom is -0.481 e. The summed E-state index contributed by atoms with van der Waals surface area (Å²) < 4.78 is 11.7. The van der Waals surface area contributed by atoms with Crippen molar-refractivity contribution < 1.29 is 18.9 Å². The molecule has 0 rings (SSSR count). The number of carbonyl (C=O) groups excluding carboxylic acids is 1. The average Bonchev–Trinajstić information content (AvgIpc) is 2.24. The van der Waals surface area contributed by atoms with Crippen LogP contribution in [0.2, 0.25) is 0 Å². The van der Waals surface area contributed by atoms with E-state index in [9.17, 15) is 13.8 Å². The van der Waals surface area contributed by atoms with Gasteiger partial charge in [0.25, 0.3) is 0 Å². The predicted molar refractivity (Wildman–Crippen MR) is 67.2 cm³/mol. The molecule has 0 fully saturated rings. The maximum absolute atomic E-state index is 11.8. The highest BCUT2D eigenvalue weighted by Crippen LogP contribution is 2.09. The predicted octanol–water partition coefficient (Wildman–Crippen LogP) is 0.903. The van der Waals surface area contributed by atoms with Crippen LogP contribution in [-0.4, -0.2) is 37.7 Å². The highest BCUT2D eigenvalue weighted by molar-refractivity contribution is 7.86. The lowest BCUT2D eigenvalue weighted by molar-refractivity contribution is -0.136. The lowest BCUT2D eigenvalue weighted by Crippen LogP contribution is -2.48. The molecular formula is C11H21NO4S. The first-order chi connectivity index (χ1) is 7.69. The second-order valence-electron chi connectivity index (χ2n) is 4.60. The Morgan fingerprint density at radius 1 is 1.41 bits per heavy atom. The van der Waals surface area contributed by atoms with Crippen LogP contribution in [0, 0.1) is 0 Å². The van der Waals surface area contributed by atoms with E-state index in [0.29, 0.717) is 0 Å². The minimum atomic E-state index is -1.44. The SMILES string of the molecule is CCC(C)(C)NC(=O)C(C)S(=O)CCC(=O)O. The van der Waals surface area contributed by atoms with Gasteiger partial charge in [0.2, 0.25) is 5.91 Å². The van der Waals surface area contributed by atoms with E-state index in [-0.39, 0.29) is 23.6 Å². The number of carboxylic acids is 1. The number of rotatable bonds is 7. The van der Waals surface area contributed by atoms with E-state index in [1.54, 1.807) is 6.92 Å². The van der Waals surface area contributed by atoms with Crippen molar-refractivity contribution in [3.8, 4) is 0 Å². The van der Waals surface area contributed by atoms with E-state index in [1.165, 1.54) is 0 Å². The summed E-state index contributed by atoms with van der Waals surface area (Å²) in [6.45, 7) is 7.28. The highest BCUT2D eigenvalue weighted by atomic mass is 32.2. The van der Waals surface area contributed by atoms with E-state index in [4.69, 9.17) is 5.11 Å². The van der Waals surface area contributed by atoms with Gasteiger partial charge in [0.05, 0.1) is 6.42 Å². The molecule has 0 aliphatic heterocycles. The lowest BCUT2D eigenvalue weighted by atomic mass is 10.0. The van der Waals surface area contributed by atoms with Gasteiger partial charge in [0.1, 0.15) is 5.25 Å². The van der Waals surface area contributed by atoms with E-state index < -0.39 is 22.0 Å². The zero-order valence-electron chi connectivity index (χ0n) is 10.8. The first-order valence-corrected chi connectivity index (χ1v) is 6.99. The number of amides is 1. The van der Waals surface area contributed by atoms with Gasteiger partial charge in [0.15, 0.2) is 0 Å². The van der Waals surface area contributed by atoms with Gasteiger partial charge in [-0.1, -0.05) is 6.92 Å². The fraction of sp³-hybridized carbons (Fsp3) is 0.818. The van der Waals surface area contributed by atoms with E-state index in [2.05, 4.69) is 5.32 Å². The summed E-state index contributed by atoms with van der Waals surface area (Å²) in [7, 11) is -1.44. The Labute approximate surface area is 104 Å². The maximum Gasteiger partial charge on any atom is 0.304 e. The molecule has 2 unspecified atom stereocenters. The van der Waals surface area contributed by atoms with Crippen LogP contribution in [0.15, 0.2) is 0 Å². The number of nitrogens with one attached hydrogen (secondary N) is 1. The van der Waals surface area contributed by atoms with Crippen LogP contribution in [-0.2, 0) is 20.4 Å². The fourth-order valence-corrected chi connectivity index (χ4v) is 2.03. The van der Waals surface area contributed by atoms with Crippen molar-refractivity contribution in [1.29, 1.82) is 0 Å². The third-order valence-electron chi connectivity index (χ3n) is 2.63. The molecule has 0 aliphatic rings. The fourth-order valence-electron chi connectivity index (χ4n) is 1.01. The average molecular weight is 263 g/mol. The van der Waals surface area contributed by atoms with Crippen molar-refractivity contribution in [3.05, 3.63) is 0 Å². The molecule has 2 atom stereocenters. The summed E-state index contributed by atoms with van der Waals surface area (Å²) in [5, 5.41) is 10.6. The topological polar surface area (TPSA) is 83.5 Å². The summed E-state index contributed by atoms with van der Waals surface area (Å²) in [5.74, 6) is -1.28. The van der Waals surface area contributed by atoms with Crippen LogP contribution >= 0.6 is 0 Å². The monoisotopic (exact) mass is 263 g/mol. The van der Waals surface area contributed by atoms with Crippen molar-refractivity contribution >= 4 is 22.7 Å². The number of hydrogen-bond acceptors (Lipinski definition) is 3. The molecule has 0 radical (unpaired) electrons. The maximum atomic E-state index is 11.8. The summed E-state index contributed by atoms with van der Waals surface area (Å²) in [5.41, 5.74) is -0.331. The van der Waals surface area contributed by atoms with Gasteiger partial charge >= 0.3 is 5.97 Å². The first-order valence-electron chi connectivity index (χ1n) is 5.60. The lowest BCUT2D eigenvalue weighted by Gasteiger charge is -2.26. The quantitative estimate of drug-likeness (QED) is 0.715. The molecule has 1 amide bonds. The van der Waals surface area contributed by atoms with Crippen molar-refractivity contribution in [2.24, 2.45) is 0 Å². The smallest absolute Gasteiger partial charge is 0.304 e. The summed E-state index contributed by atoms with van der Waals surface area (Å²) in [4.78, 5) is 22.1. The largest absolute Gasteiger partial charge is 0.481 e. The zero-order chi connectivity index (χ0) is 13.6. The Morgan fingerprint density at radius 3 is 2.35 bits per heavy atom. The van der Waals surface area contributed by atoms with E-state index >= 15 is 0 Å². The second kappa shape index (κ2) is 6.74. The standard InChI is InChI=1S/C11H21NO4S/c1-5-11(3,4)12-10(15)8(2)17(16)7-6-9(13)14/h8H,5-7H2,1-4H3,(H,12,15)(H,13,14). The normalized spacial score (nSPS) is 15.1. The van der Waals surface area contributed by atoms with Crippen LogP contribution in [0.25, 0.3) is 0 Å². The Morgan fingerprint density at radius 2 is 1.94 bits per heavy atom. The molecule has 0 saturated heterocycles. The van der Waals surface area contributed by atoms with Crippen molar-refractivity contribution in [1.82, 2.24) is 5.32 Å². The molecule has 2 N–H and O–H groups in total. The molecule has 0 aromatic rings. The number of carboxylic acid groups (broad SMARTS) is 1. The zero-order valence-corrected chi connectivity index (χ0v) is 11.6. The van der Waals surface area contributed by atoms with Crippen LogP contribution in [0.4, 0.5) is 0 Å². The number of aliphatic carboxylic acids is 1. The Balaban J connectivity index is 4.30. The third-order valence-corrected chi connectivity index (χ3v) is 4.24. The van der Waals surface area contributed by atoms with Gasteiger partial charge in [-0.3, -0.25) is 13.8 Å². The molecule has 0 aliphatic carbocycles. The van der Waals surface area contributed by atoms with Crippen molar-refractivity contribution in [3.63, 3.8) is 0 Å². The van der Waals surface area contributed by atoms with Crippen molar-refractivity contribution in [2.45, 2.75) is 51.3 Å². The van der Waals surface area contributed by atoms with Gasteiger partial charge in [-0.15, -0.1) is 0 Å². The molecule has 0 spiro atoms. The second-order valence-corrected chi connectivity index (χ2v) is 6.47. The Kier molecular flexibility index (Phi) is 6.37. The molecular weight excluding hydrogens is 242 g/mol. The van der Waals surface area contributed by atoms with E-state index in [0.717, 1.165) is 6.42 Å². The highest BCUT2D eigenvalue weighted by Gasteiger charge is 2.25. The van der Waals surface area contributed by atoms with Crippen LogP contribution in [0.1, 0.15) is 40.5 Å². The molecule has 0 aromatic carbocycles. The van der Waals surface area contributed by atoms with Gasteiger partial charge in [-0.25, -0.2) is 0 Å². The van der Waals surface area contributed by atoms with E-state index in [1.807, 2.05) is 20.8 Å². The van der Waals surface area contributed by atoms with Crippen LogP contribution in [0.5, 0.6) is 0 Å². The molecule has 6 heteroatoms. The van der Waals surface area contributed by atoms with Crippen molar-refractivity contribution in [2.75, 3.05) is 5.75 Å². The Hall–Kier alpha value is -0.910. The molecule has 17 heavy (non-hydrogen) atoms. The summed E-state index contributed by atoms with van der Waals surface area (Å²) in [6, 6.07) is 0. The summed E-state index contributed by atoms with van der Waals surface area (Å²) in [6.07, 6.45) is 0.592. The molecule has 0 saturated carbocycles. The van der Waals surface area contributed by atoms with Gasteiger partial charge in [-0.05, 0) is 27.2 Å². The minimum absolute atomic E-state index is 0.0104. The molecule has 5 nitrogen and oxygen atoms in total. The molecule has 0 aromatic heterocycles.